The standard InChI is InChI=1S/C32H25FO2/c33-25-14-11-23(12-15-25)32(34)24-10-9-22-13-16-27-26-7-4-8-31(35-20-21-5-2-1-3-6-21)29(26)18-17-28(27)30(22)19-24/h1-8,11-17,19,24H,9-10,18,20H2. The fraction of sp³-hybridized carbons (Fsp3) is 0.156. The molecular formula is C32H25FO2. The van der Waals surface area contributed by atoms with Crippen LogP contribution in [0.5, 0.6) is 5.75 Å². The Morgan fingerprint density at radius 1 is 0.857 bits per heavy atom. The molecule has 4 aromatic rings. The Morgan fingerprint density at radius 2 is 1.69 bits per heavy atom. The highest BCUT2D eigenvalue weighted by atomic mass is 19.1. The van der Waals surface area contributed by atoms with Gasteiger partial charge >= 0.3 is 0 Å². The van der Waals surface area contributed by atoms with E-state index in [-0.39, 0.29) is 17.5 Å². The zero-order valence-corrected chi connectivity index (χ0v) is 19.3. The van der Waals surface area contributed by atoms with E-state index >= 15 is 0 Å². The van der Waals surface area contributed by atoms with Crippen molar-refractivity contribution in [2.24, 2.45) is 5.92 Å². The predicted molar refractivity (Wildman–Crippen MR) is 137 cm³/mol. The topological polar surface area (TPSA) is 26.3 Å². The maximum absolute atomic E-state index is 13.3. The fourth-order valence-electron chi connectivity index (χ4n) is 5.28. The highest BCUT2D eigenvalue weighted by Gasteiger charge is 2.23. The van der Waals surface area contributed by atoms with E-state index in [1.54, 1.807) is 12.1 Å². The summed E-state index contributed by atoms with van der Waals surface area (Å²) < 4.78 is 19.6. The van der Waals surface area contributed by atoms with E-state index in [0.717, 1.165) is 35.8 Å². The van der Waals surface area contributed by atoms with Gasteiger partial charge in [-0.3, -0.25) is 4.79 Å². The first-order chi connectivity index (χ1) is 17.2. The first-order valence-electron chi connectivity index (χ1n) is 12.1. The van der Waals surface area contributed by atoms with E-state index < -0.39 is 0 Å². The summed E-state index contributed by atoms with van der Waals surface area (Å²) in [6, 6.07) is 26.7. The Labute approximate surface area is 204 Å². The molecule has 3 heteroatoms. The molecule has 0 radical (unpaired) electrons. The highest BCUT2D eigenvalue weighted by molar-refractivity contribution is 6.01. The maximum atomic E-state index is 13.3. The van der Waals surface area contributed by atoms with Gasteiger partial charge in [0.1, 0.15) is 18.2 Å². The number of hydrogen-bond acceptors (Lipinski definition) is 2. The Bertz CT molecular complexity index is 1540. The van der Waals surface area contributed by atoms with Crippen molar-refractivity contribution in [1.29, 1.82) is 0 Å². The average Bonchev–Trinajstić information content (AvgIpc) is 2.91. The van der Waals surface area contributed by atoms with Gasteiger partial charge in [0.25, 0.3) is 0 Å². The Morgan fingerprint density at radius 3 is 2.51 bits per heavy atom. The number of fused-ring (bicyclic) bond motifs is 5. The van der Waals surface area contributed by atoms with Crippen molar-refractivity contribution in [1.82, 2.24) is 0 Å². The molecular weight excluding hydrogens is 435 g/mol. The number of carbonyl (C=O) groups is 1. The quantitative estimate of drug-likeness (QED) is 0.361. The van der Waals surface area contributed by atoms with Gasteiger partial charge in [-0.1, -0.05) is 66.7 Å². The number of aryl methyl sites for hydroxylation is 1. The van der Waals surface area contributed by atoms with Crippen LogP contribution in [-0.2, 0) is 19.4 Å². The lowest BCUT2D eigenvalue weighted by atomic mass is 9.82. The van der Waals surface area contributed by atoms with Gasteiger partial charge in [-0.05, 0) is 82.3 Å². The van der Waals surface area contributed by atoms with E-state index in [4.69, 9.17) is 4.74 Å². The summed E-state index contributed by atoms with van der Waals surface area (Å²) in [6.07, 6.45) is 6.82. The Hall–Kier alpha value is -3.98. The number of halogens is 1. The van der Waals surface area contributed by atoms with Gasteiger partial charge in [0.15, 0.2) is 5.78 Å². The van der Waals surface area contributed by atoms with Gasteiger partial charge in [-0.25, -0.2) is 4.39 Å². The Balaban J connectivity index is 1.36. The summed E-state index contributed by atoms with van der Waals surface area (Å²) in [5, 5.41) is 2.36. The third-order valence-electron chi connectivity index (χ3n) is 7.11. The molecule has 0 saturated heterocycles. The zero-order chi connectivity index (χ0) is 23.8. The van der Waals surface area contributed by atoms with E-state index in [2.05, 4.69) is 48.6 Å². The highest BCUT2D eigenvalue weighted by Crippen LogP contribution is 2.33. The first kappa shape index (κ1) is 21.5. The molecule has 35 heavy (non-hydrogen) atoms. The van der Waals surface area contributed by atoms with E-state index in [1.807, 2.05) is 24.3 Å². The minimum atomic E-state index is -0.325. The SMILES string of the molecule is O=C(c1ccc(F)cc1)C1C=c2c(ccc3c2=CCc2c(OCc4ccccc4)cccc2-3)CC1. The minimum absolute atomic E-state index is 0.0565. The van der Waals surface area contributed by atoms with E-state index in [9.17, 15) is 9.18 Å². The molecule has 2 aliphatic carbocycles. The lowest BCUT2D eigenvalue weighted by Gasteiger charge is -2.22. The van der Waals surface area contributed by atoms with Gasteiger partial charge in [0.05, 0.1) is 0 Å². The number of hydrogen-bond donors (Lipinski definition) is 0. The summed E-state index contributed by atoms with van der Waals surface area (Å²) in [4.78, 5) is 13.1. The van der Waals surface area contributed by atoms with Crippen molar-refractivity contribution in [2.75, 3.05) is 0 Å². The number of ketones is 1. The van der Waals surface area contributed by atoms with Crippen molar-refractivity contribution in [3.63, 3.8) is 0 Å². The molecule has 1 atom stereocenters. The molecule has 4 aromatic carbocycles. The second-order valence-electron chi connectivity index (χ2n) is 9.25. The molecule has 0 N–H and O–H groups in total. The summed E-state index contributed by atoms with van der Waals surface area (Å²) >= 11 is 0. The lowest BCUT2D eigenvalue weighted by Crippen LogP contribution is -2.37. The van der Waals surface area contributed by atoms with Gasteiger partial charge < -0.3 is 4.74 Å². The van der Waals surface area contributed by atoms with Crippen molar-refractivity contribution in [3.8, 4) is 16.9 Å². The molecule has 2 nitrogen and oxygen atoms in total. The van der Waals surface area contributed by atoms with Gasteiger partial charge in [0, 0.05) is 17.0 Å². The predicted octanol–water partition coefficient (Wildman–Crippen LogP) is 5.63. The second-order valence-corrected chi connectivity index (χ2v) is 9.25. The van der Waals surface area contributed by atoms with Gasteiger partial charge in [-0.2, -0.15) is 0 Å². The summed E-state index contributed by atoms with van der Waals surface area (Å²) in [6.45, 7) is 0.537. The molecule has 0 fully saturated rings. The fourth-order valence-corrected chi connectivity index (χ4v) is 5.28. The molecule has 0 aromatic heterocycles. The lowest BCUT2D eigenvalue weighted by molar-refractivity contribution is 0.0946. The van der Waals surface area contributed by atoms with Crippen molar-refractivity contribution in [2.45, 2.75) is 25.9 Å². The van der Waals surface area contributed by atoms with Crippen LogP contribution in [-0.4, -0.2) is 5.78 Å². The number of rotatable bonds is 5. The molecule has 1 unspecified atom stereocenters. The summed E-state index contributed by atoms with van der Waals surface area (Å²) in [5.74, 6) is 0.448. The molecule has 2 aliphatic rings. The molecule has 0 amide bonds. The monoisotopic (exact) mass is 460 g/mol. The molecule has 6 rings (SSSR count). The van der Waals surface area contributed by atoms with Crippen LogP contribution >= 0.6 is 0 Å². The van der Waals surface area contributed by atoms with Crippen molar-refractivity contribution >= 4 is 17.9 Å². The largest absolute Gasteiger partial charge is 0.489 e. The summed E-state index contributed by atoms with van der Waals surface area (Å²) in [5.41, 5.74) is 6.56. The average molecular weight is 461 g/mol. The normalized spacial score (nSPS) is 15.6. The van der Waals surface area contributed by atoms with Crippen molar-refractivity contribution < 1.29 is 13.9 Å². The zero-order valence-electron chi connectivity index (χ0n) is 19.3. The van der Waals surface area contributed by atoms with Crippen LogP contribution in [0.1, 0.15) is 33.5 Å². The van der Waals surface area contributed by atoms with E-state index in [1.165, 1.54) is 39.6 Å². The number of carbonyl (C=O) groups excluding carboxylic acids is 1. The van der Waals surface area contributed by atoms with Crippen LogP contribution in [0.2, 0.25) is 0 Å². The summed E-state index contributed by atoms with van der Waals surface area (Å²) in [7, 11) is 0. The van der Waals surface area contributed by atoms with Gasteiger partial charge in [-0.15, -0.1) is 0 Å². The van der Waals surface area contributed by atoms with Crippen molar-refractivity contribution in [3.05, 3.63) is 123 Å². The van der Waals surface area contributed by atoms with Crippen LogP contribution < -0.4 is 15.2 Å². The molecule has 0 bridgehead atoms. The van der Waals surface area contributed by atoms with Crippen LogP contribution in [0.4, 0.5) is 4.39 Å². The van der Waals surface area contributed by atoms with E-state index in [0.29, 0.717) is 12.2 Å². The molecule has 0 aliphatic heterocycles. The second kappa shape index (κ2) is 8.99. The molecule has 0 spiro atoms. The Kier molecular flexibility index (Phi) is 5.54. The number of ether oxygens (including phenoxy) is 1. The minimum Gasteiger partial charge on any atom is -0.489 e. The third kappa shape index (κ3) is 4.08. The van der Waals surface area contributed by atoms with Crippen LogP contribution in [0.15, 0.2) is 84.9 Å². The van der Waals surface area contributed by atoms with Crippen LogP contribution in [0.25, 0.3) is 23.3 Å². The van der Waals surface area contributed by atoms with Crippen LogP contribution in [0, 0.1) is 11.7 Å². The maximum Gasteiger partial charge on any atom is 0.169 e. The molecule has 172 valence electrons. The third-order valence-corrected chi connectivity index (χ3v) is 7.11. The van der Waals surface area contributed by atoms with Gasteiger partial charge in [0.2, 0.25) is 0 Å². The number of benzene rings is 4. The number of Topliss-reactive ketones (excluding diaryl/α,β-unsaturated/α-hetero) is 1. The molecule has 0 heterocycles. The van der Waals surface area contributed by atoms with Crippen LogP contribution in [0.3, 0.4) is 0 Å². The smallest absolute Gasteiger partial charge is 0.169 e. The first-order valence-corrected chi connectivity index (χ1v) is 12.1. The molecule has 0 saturated carbocycles.